The molecule has 2 atom stereocenters. The molecule has 0 aliphatic carbocycles. The highest BCUT2D eigenvalue weighted by Gasteiger charge is 2.54. The number of nitrogens with zero attached hydrogens (tertiary/aromatic N) is 4. The number of esters is 5. The van der Waals surface area contributed by atoms with Crippen LogP contribution in [0.15, 0.2) is 115 Å². The molecule has 10 rings (SSSR count). The number of aromatic nitrogens is 4. The van der Waals surface area contributed by atoms with E-state index >= 15 is 0 Å². The highest BCUT2D eigenvalue weighted by Crippen LogP contribution is 2.57. The van der Waals surface area contributed by atoms with E-state index in [0.29, 0.717) is 115 Å². The van der Waals surface area contributed by atoms with Crippen LogP contribution < -0.4 is 19.5 Å². The quantitative estimate of drug-likeness (QED) is 0.0214. The minimum Gasteiger partial charge on any atom is -0.467 e. The van der Waals surface area contributed by atoms with Gasteiger partial charge in [-0.25, -0.2) is 19.1 Å². The lowest BCUT2D eigenvalue weighted by Gasteiger charge is -2.40. The van der Waals surface area contributed by atoms with Gasteiger partial charge in [-0.1, -0.05) is 81.4 Å². The van der Waals surface area contributed by atoms with Crippen LogP contribution in [0.2, 0.25) is 0 Å². The summed E-state index contributed by atoms with van der Waals surface area (Å²) in [5, 5.41) is 11.7. The van der Waals surface area contributed by atoms with Crippen molar-refractivity contribution in [1.82, 2.24) is 30.2 Å². The van der Waals surface area contributed by atoms with Gasteiger partial charge in [0.2, 0.25) is 11.8 Å². The lowest BCUT2D eigenvalue weighted by molar-refractivity contribution is -0.154. The number of fused-ring (bicyclic) bond motifs is 9. The first-order valence-electron chi connectivity index (χ1n) is 27.9. The van der Waals surface area contributed by atoms with Crippen molar-refractivity contribution in [1.29, 1.82) is 0 Å². The second-order valence-corrected chi connectivity index (χ2v) is 21.1. The van der Waals surface area contributed by atoms with E-state index in [9.17, 15) is 33.6 Å². The molecule has 0 radical (unpaired) electrons. The normalized spacial score (nSPS) is 15.1. The molecule has 3 aliphatic heterocycles. The molecule has 5 heterocycles. The summed E-state index contributed by atoms with van der Waals surface area (Å²) in [5.74, 6) is -2.42. The number of carbonyl (C=O) groups excluding carboxylic acids is 7. The molecule has 0 saturated carbocycles. The molecule has 7 aromatic rings. The van der Waals surface area contributed by atoms with E-state index in [2.05, 4.69) is 20.6 Å². The smallest absolute Gasteiger partial charge is 0.340 e. The van der Waals surface area contributed by atoms with Crippen molar-refractivity contribution in [2.75, 3.05) is 59.2 Å². The first kappa shape index (κ1) is 61.6. The van der Waals surface area contributed by atoms with Crippen molar-refractivity contribution < 1.29 is 76.2 Å². The largest absolute Gasteiger partial charge is 0.467 e. The van der Waals surface area contributed by atoms with E-state index in [1.165, 1.54) is 18.9 Å². The molecule has 23 heteroatoms. The zero-order chi connectivity index (χ0) is 61.1. The predicted octanol–water partition coefficient (Wildman–Crippen LogP) is 7.93. The number of ether oxygens (including phenoxy) is 9. The SMILES string of the molecule is CC(C)C(=O)Oc1ccc2c(c1)Oc1cc(OC(=O)C(C)C)ccc1C21OC(=O)c2ccccc21.COC(=O)[C@H]1Cc2c([nH]c3ccccc23)[C@@H](c2ccc(C(=O)OCc3cn(CCOCCOCCOCCNC(C)=O)nn3)cc2)N1C(=O)CCl. The van der Waals surface area contributed by atoms with Gasteiger partial charge in [0, 0.05) is 65.3 Å². The van der Waals surface area contributed by atoms with Crippen LogP contribution in [0.3, 0.4) is 0 Å². The van der Waals surface area contributed by atoms with Crippen molar-refractivity contribution in [3.8, 4) is 23.0 Å². The first-order valence-corrected chi connectivity index (χ1v) is 28.5. The Morgan fingerprint density at radius 2 is 1.38 bits per heavy atom. The third-order valence-electron chi connectivity index (χ3n) is 14.3. The summed E-state index contributed by atoms with van der Waals surface area (Å²) in [6.45, 7) is 11.8. The van der Waals surface area contributed by atoms with Crippen LogP contribution in [0.1, 0.15) is 101 Å². The molecule has 0 fully saturated rings. The predicted molar refractivity (Wildman–Crippen MR) is 310 cm³/mol. The number of methoxy groups -OCH3 is 1. The van der Waals surface area contributed by atoms with Gasteiger partial charge in [0.05, 0.1) is 88.5 Å². The third-order valence-corrected chi connectivity index (χ3v) is 14.5. The van der Waals surface area contributed by atoms with Crippen LogP contribution in [-0.2, 0) is 77.6 Å². The van der Waals surface area contributed by atoms with Gasteiger partial charge < -0.3 is 57.8 Å². The Kier molecular flexibility index (Phi) is 19.9. The molecule has 2 N–H and O–H groups in total. The lowest BCUT2D eigenvalue weighted by atomic mass is 9.77. The van der Waals surface area contributed by atoms with Crippen LogP contribution in [0.25, 0.3) is 10.9 Å². The maximum atomic E-state index is 13.2. The van der Waals surface area contributed by atoms with Gasteiger partial charge in [-0.05, 0) is 59.7 Å². The summed E-state index contributed by atoms with van der Waals surface area (Å²) in [4.78, 5) is 92.1. The van der Waals surface area contributed by atoms with Crippen molar-refractivity contribution in [2.24, 2.45) is 11.8 Å². The Morgan fingerprint density at radius 3 is 2.01 bits per heavy atom. The highest BCUT2D eigenvalue weighted by atomic mass is 35.5. The molecule has 2 aromatic heterocycles. The molecule has 5 aromatic carbocycles. The molecule has 22 nitrogen and oxygen atoms in total. The van der Waals surface area contributed by atoms with Crippen LogP contribution >= 0.6 is 11.6 Å². The van der Waals surface area contributed by atoms with Crippen molar-refractivity contribution >= 4 is 64.2 Å². The van der Waals surface area contributed by atoms with Gasteiger partial charge in [0.1, 0.15) is 47.2 Å². The van der Waals surface area contributed by atoms with Crippen molar-refractivity contribution in [3.63, 3.8) is 0 Å². The van der Waals surface area contributed by atoms with E-state index in [0.717, 1.165) is 22.2 Å². The Hall–Kier alpha value is -8.96. The van der Waals surface area contributed by atoms with Crippen LogP contribution in [0.4, 0.5) is 0 Å². The minimum absolute atomic E-state index is 0.0813. The Morgan fingerprint density at radius 1 is 0.767 bits per heavy atom. The zero-order valence-electron chi connectivity index (χ0n) is 48.3. The summed E-state index contributed by atoms with van der Waals surface area (Å²) in [5.41, 5.74) is 5.06. The monoisotopic (exact) mass is 1200 g/mol. The number of nitrogens with one attached hydrogen (secondary N) is 2. The molecule has 0 bridgehead atoms. The zero-order valence-corrected chi connectivity index (χ0v) is 49.0. The summed E-state index contributed by atoms with van der Waals surface area (Å²) in [6, 6.07) is 30.0. The molecule has 86 heavy (non-hydrogen) atoms. The summed E-state index contributed by atoms with van der Waals surface area (Å²) < 4.78 is 51.8. The van der Waals surface area contributed by atoms with E-state index < -0.39 is 41.5 Å². The number of H-pyrrole nitrogens is 1. The number of rotatable bonds is 22. The summed E-state index contributed by atoms with van der Waals surface area (Å²) in [6.07, 6.45) is 1.94. The van der Waals surface area contributed by atoms with Gasteiger partial charge >= 0.3 is 29.8 Å². The topological polar surface area (TPSA) is 264 Å². The third kappa shape index (κ3) is 13.7. The maximum Gasteiger partial charge on any atom is 0.340 e. The second kappa shape index (κ2) is 27.8. The number of amides is 2. The molecular formula is C63H65ClN6O16. The number of hydrogen-bond acceptors (Lipinski definition) is 18. The molecule has 2 amide bonds. The number of carbonyl (C=O) groups is 7. The maximum absolute atomic E-state index is 13.2. The van der Waals surface area contributed by atoms with Gasteiger partial charge in [-0.15, -0.1) is 16.7 Å². The Labute approximate surface area is 500 Å². The number of para-hydroxylation sites is 1. The fourth-order valence-corrected chi connectivity index (χ4v) is 10.2. The molecule has 450 valence electrons. The number of hydrogen-bond donors (Lipinski definition) is 2. The van der Waals surface area contributed by atoms with Crippen LogP contribution in [-0.4, -0.2) is 132 Å². The molecule has 1 spiro atoms. The van der Waals surface area contributed by atoms with Crippen molar-refractivity contribution in [2.45, 2.75) is 71.9 Å². The molecule has 0 unspecified atom stereocenters. The summed E-state index contributed by atoms with van der Waals surface area (Å²) in [7, 11) is 1.29. The van der Waals surface area contributed by atoms with Crippen LogP contribution in [0.5, 0.6) is 23.0 Å². The van der Waals surface area contributed by atoms with Gasteiger partial charge in [0.15, 0.2) is 5.60 Å². The Bertz CT molecular complexity index is 3560. The fraction of sp³-hybridized carbons (Fsp3) is 0.349. The number of alkyl halides is 1. The number of aromatic amines is 1. The average molecular weight is 1200 g/mol. The van der Waals surface area contributed by atoms with Gasteiger partial charge in [-0.3, -0.25) is 19.2 Å². The number of benzene rings is 5. The lowest BCUT2D eigenvalue weighted by Crippen LogP contribution is -2.52. The fourth-order valence-electron chi connectivity index (χ4n) is 10.1. The molecule has 3 aliphatic rings. The van der Waals surface area contributed by atoms with Crippen LogP contribution in [0, 0.1) is 11.8 Å². The standard InChI is InChI=1S/C35H41ClN6O9.C28H24O7/c1-23(43)37-11-13-48-15-17-50-18-16-49-14-12-41-21-26(39-40-41)22-51-34(45)25-9-7-24(8-10-25)33-32-28(27-5-3-4-6-29(27)38-32)19-30(35(46)47-2)42(33)31(44)20-36;1-15(2)25(29)32-17-9-11-21-23(13-17)34-24-14-18(33-26(30)16(3)4)10-12-22(24)28(21)20-8-6-5-7-19(20)27(31)35-28/h3-10,21,30,33,38H,11-20,22H2,1-2H3,(H,37,43);5-16H,1-4H3/t30-,33-;/m1./s1. The van der Waals surface area contributed by atoms with Gasteiger partial charge in [0.25, 0.3) is 0 Å². The highest BCUT2D eigenvalue weighted by molar-refractivity contribution is 6.27. The van der Waals surface area contributed by atoms with E-state index in [1.807, 2.05) is 36.4 Å². The average Bonchev–Trinajstić information content (AvgIpc) is 1.52. The number of halogens is 1. The minimum atomic E-state index is -1.27. The molecular weight excluding hydrogens is 1130 g/mol. The van der Waals surface area contributed by atoms with Gasteiger partial charge in [-0.2, -0.15) is 0 Å². The Balaban J connectivity index is 0.000000220. The van der Waals surface area contributed by atoms with E-state index in [4.69, 9.17) is 54.2 Å². The summed E-state index contributed by atoms with van der Waals surface area (Å²) >= 11 is 6.04. The first-order chi connectivity index (χ1) is 41.5. The second-order valence-electron chi connectivity index (χ2n) is 20.8. The van der Waals surface area contributed by atoms with Crippen molar-refractivity contribution in [3.05, 3.63) is 166 Å². The van der Waals surface area contributed by atoms with E-state index in [1.54, 1.807) is 111 Å². The van der Waals surface area contributed by atoms with E-state index in [-0.39, 0.29) is 48.6 Å². The molecule has 0 saturated heterocycles.